The van der Waals surface area contributed by atoms with Crippen LogP contribution in [-0.2, 0) is 0 Å². The molecular formula is C19H28OSi. The Balaban J connectivity index is 2.69. The third kappa shape index (κ3) is 2.30. The number of hydrogen-bond acceptors (Lipinski definition) is 1. The summed E-state index contributed by atoms with van der Waals surface area (Å²) in [6.45, 7) is 16.2. The Hall–Kier alpha value is -1.28. The lowest BCUT2D eigenvalue weighted by atomic mass is 10.0. The monoisotopic (exact) mass is 300 g/mol. The maximum absolute atomic E-state index is 5.78. The second kappa shape index (κ2) is 5.17. The van der Waals surface area contributed by atoms with Crippen molar-refractivity contribution in [2.45, 2.75) is 52.8 Å². The summed E-state index contributed by atoms with van der Waals surface area (Å²) in [7, 11) is 0.0246. The fraction of sp³-hybridized carbons (Fsp3) is 0.474. The molecule has 1 aliphatic rings. The van der Waals surface area contributed by atoms with E-state index in [1.54, 1.807) is 7.11 Å². The number of allylic oxidation sites excluding steroid dienone is 4. The van der Waals surface area contributed by atoms with Gasteiger partial charge in [0.1, 0.15) is 5.75 Å². The average Bonchev–Trinajstić information content (AvgIpc) is 2.67. The van der Waals surface area contributed by atoms with E-state index in [0.717, 1.165) is 5.75 Å². The maximum Gasteiger partial charge on any atom is 0.121 e. The van der Waals surface area contributed by atoms with Gasteiger partial charge in [0.05, 0.1) is 15.2 Å². The zero-order valence-corrected chi connectivity index (χ0v) is 15.7. The Morgan fingerprint density at radius 2 is 1.67 bits per heavy atom. The van der Waals surface area contributed by atoms with Gasteiger partial charge >= 0.3 is 0 Å². The smallest absolute Gasteiger partial charge is 0.121 e. The Morgan fingerprint density at radius 3 is 2.14 bits per heavy atom. The Morgan fingerprint density at radius 1 is 1.05 bits per heavy atom. The van der Waals surface area contributed by atoms with Gasteiger partial charge in [-0.05, 0) is 38.4 Å². The van der Waals surface area contributed by atoms with E-state index in [1.165, 1.54) is 27.5 Å². The Labute approximate surface area is 130 Å². The van der Waals surface area contributed by atoms with E-state index >= 15 is 0 Å². The van der Waals surface area contributed by atoms with Crippen LogP contribution in [0.25, 0.3) is 0 Å². The first-order valence-electron chi connectivity index (χ1n) is 7.68. The maximum atomic E-state index is 5.78. The van der Waals surface area contributed by atoms with E-state index in [4.69, 9.17) is 4.74 Å². The highest BCUT2D eigenvalue weighted by Crippen LogP contribution is 2.51. The molecule has 1 nitrogen and oxygen atoms in total. The van der Waals surface area contributed by atoms with Crippen LogP contribution >= 0.6 is 0 Å². The van der Waals surface area contributed by atoms with Crippen LogP contribution in [0.4, 0.5) is 0 Å². The van der Waals surface area contributed by atoms with E-state index in [0.29, 0.717) is 0 Å². The van der Waals surface area contributed by atoms with Gasteiger partial charge < -0.3 is 4.74 Å². The van der Waals surface area contributed by atoms with Crippen LogP contribution in [0.2, 0.25) is 18.1 Å². The molecular weight excluding hydrogens is 272 g/mol. The van der Waals surface area contributed by atoms with Crippen molar-refractivity contribution in [3.8, 4) is 5.75 Å². The van der Waals surface area contributed by atoms with Crippen LogP contribution in [0.3, 0.4) is 0 Å². The highest BCUT2D eigenvalue weighted by atomic mass is 28.3. The van der Waals surface area contributed by atoms with Gasteiger partial charge in [0, 0.05) is 5.04 Å². The minimum Gasteiger partial charge on any atom is -0.497 e. The molecule has 0 aliphatic heterocycles. The van der Waals surface area contributed by atoms with Crippen molar-refractivity contribution in [1.82, 2.24) is 0 Å². The summed E-state index contributed by atoms with van der Waals surface area (Å²) in [5.41, 5.74) is 5.51. The van der Waals surface area contributed by atoms with Gasteiger partial charge in [-0.1, -0.05) is 61.0 Å². The largest absolute Gasteiger partial charge is 0.497 e. The number of rotatable bonds is 3. The SMILES string of the molecule is COc1c(C)cc(C)cc1[Si](C)(C)C1(C)C=CC(C)=C1C. The van der Waals surface area contributed by atoms with Crippen LogP contribution in [-0.4, -0.2) is 15.2 Å². The lowest BCUT2D eigenvalue weighted by Gasteiger charge is -2.42. The van der Waals surface area contributed by atoms with Gasteiger partial charge in [-0.25, -0.2) is 0 Å². The summed E-state index contributed by atoms with van der Waals surface area (Å²) in [4.78, 5) is 0. The molecule has 0 spiro atoms. The van der Waals surface area contributed by atoms with Crippen LogP contribution in [0.1, 0.15) is 31.9 Å². The highest BCUT2D eigenvalue weighted by molar-refractivity contribution is 6.94. The molecule has 1 aliphatic carbocycles. The van der Waals surface area contributed by atoms with Gasteiger partial charge in [0.15, 0.2) is 0 Å². The molecule has 0 heterocycles. The normalized spacial score (nSPS) is 22.1. The summed E-state index contributed by atoms with van der Waals surface area (Å²) in [5, 5.41) is 1.59. The summed E-state index contributed by atoms with van der Waals surface area (Å²) in [6.07, 6.45) is 4.71. The van der Waals surface area contributed by atoms with Crippen LogP contribution in [0, 0.1) is 13.8 Å². The summed E-state index contributed by atoms with van der Waals surface area (Å²) < 4.78 is 5.78. The molecule has 1 aromatic rings. The molecule has 114 valence electrons. The minimum atomic E-state index is -1.77. The van der Waals surface area contributed by atoms with Crippen molar-refractivity contribution in [2.75, 3.05) is 7.11 Å². The molecule has 1 unspecified atom stereocenters. The predicted octanol–water partition coefficient (Wildman–Crippen LogP) is 4.89. The fourth-order valence-corrected chi connectivity index (χ4v) is 7.25. The van der Waals surface area contributed by atoms with E-state index in [9.17, 15) is 0 Å². The van der Waals surface area contributed by atoms with Gasteiger partial charge in [-0.15, -0.1) is 0 Å². The minimum absolute atomic E-state index is 0.157. The van der Waals surface area contributed by atoms with Crippen molar-refractivity contribution in [1.29, 1.82) is 0 Å². The van der Waals surface area contributed by atoms with Gasteiger partial charge in [0.25, 0.3) is 0 Å². The second-order valence-electron chi connectivity index (χ2n) is 7.13. The van der Waals surface area contributed by atoms with Crippen molar-refractivity contribution in [3.05, 3.63) is 46.6 Å². The molecule has 2 heteroatoms. The predicted molar refractivity (Wildman–Crippen MR) is 95.5 cm³/mol. The first-order chi connectivity index (χ1) is 9.65. The van der Waals surface area contributed by atoms with Crippen LogP contribution < -0.4 is 9.92 Å². The average molecular weight is 301 g/mol. The van der Waals surface area contributed by atoms with Crippen molar-refractivity contribution in [3.63, 3.8) is 0 Å². The van der Waals surface area contributed by atoms with Crippen molar-refractivity contribution in [2.24, 2.45) is 0 Å². The number of aryl methyl sites for hydroxylation is 2. The van der Waals surface area contributed by atoms with E-state index in [-0.39, 0.29) is 5.04 Å². The van der Waals surface area contributed by atoms with Crippen LogP contribution in [0.15, 0.2) is 35.4 Å². The topological polar surface area (TPSA) is 9.23 Å². The molecule has 0 saturated carbocycles. The first kappa shape index (κ1) is 16.1. The molecule has 0 saturated heterocycles. The number of hydrogen-bond donors (Lipinski definition) is 0. The zero-order chi connectivity index (χ0) is 16.0. The van der Waals surface area contributed by atoms with E-state index in [1.807, 2.05) is 0 Å². The van der Waals surface area contributed by atoms with Gasteiger partial charge in [0.2, 0.25) is 0 Å². The van der Waals surface area contributed by atoms with E-state index < -0.39 is 8.07 Å². The number of ether oxygens (including phenoxy) is 1. The summed E-state index contributed by atoms with van der Waals surface area (Å²) in [6, 6.07) is 4.56. The van der Waals surface area contributed by atoms with Crippen LogP contribution in [0.5, 0.6) is 5.75 Å². The molecule has 21 heavy (non-hydrogen) atoms. The molecule has 2 rings (SSSR count). The molecule has 0 N–H and O–H groups in total. The molecule has 0 bridgehead atoms. The molecule has 1 atom stereocenters. The standard InChI is InChI=1S/C19H28OSi/c1-13-11-15(3)18(20-6)17(12-13)21(7,8)19(5)10-9-14(2)16(19)4/h9-12H,1-8H3. The van der Waals surface area contributed by atoms with E-state index in [2.05, 4.69) is 72.0 Å². The van der Waals surface area contributed by atoms with Crippen molar-refractivity contribution >= 4 is 13.3 Å². The zero-order valence-electron chi connectivity index (χ0n) is 14.7. The second-order valence-corrected chi connectivity index (χ2v) is 12.0. The fourth-order valence-electron chi connectivity index (χ4n) is 3.60. The first-order valence-corrected chi connectivity index (χ1v) is 10.7. The Kier molecular flexibility index (Phi) is 3.96. The quantitative estimate of drug-likeness (QED) is 0.722. The number of benzene rings is 1. The Bertz CT molecular complexity index is 637. The van der Waals surface area contributed by atoms with Gasteiger partial charge in [-0.2, -0.15) is 0 Å². The summed E-state index contributed by atoms with van der Waals surface area (Å²) >= 11 is 0. The molecule has 0 aromatic heterocycles. The van der Waals surface area contributed by atoms with Gasteiger partial charge in [-0.3, -0.25) is 0 Å². The molecule has 0 radical (unpaired) electrons. The third-order valence-electron chi connectivity index (χ3n) is 5.63. The third-order valence-corrected chi connectivity index (χ3v) is 10.5. The highest BCUT2D eigenvalue weighted by Gasteiger charge is 2.47. The summed E-state index contributed by atoms with van der Waals surface area (Å²) in [5.74, 6) is 1.09. The number of methoxy groups -OCH3 is 1. The lowest BCUT2D eigenvalue weighted by Crippen LogP contribution is -2.52. The lowest BCUT2D eigenvalue weighted by molar-refractivity contribution is 0.414. The molecule has 0 amide bonds. The molecule has 0 fully saturated rings. The molecule has 1 aromatic carbocycles. The van der Waals surface area contributed by atoms with Crippen molar-refractivity contribution < 1.29 is 4.74 Å².